The fraction of sp³-hybridized carbons (Fsp3) is 0.667. The third-order valence-electron chi connectivity index (χ3n) is 3.48. The van der Waals surface area contributed by atoms with E-state index in [1.54, 1.807) is 16.4 Å². The van der Waals surface area contributed by atoms with E-state index in [9.17, 15) is 8.42 Å². The van der Waals surface area contributed by atoms with Crippen LogP contribution in [0.4, 0.5) is 0 Å². The lowest BCUT2D eigenvalue weighted by Crippen LogP contribution is -2.47. The standard InChI is InChI=1S/C12H20N2O2S2/c1-9-4-3-5-10(2)14(9)18(15,16)12-7-6-11(8-13)17-12/h6-7,9-10H,3-5,8,13H2,1-2H3/t9-,10+. The molecule has 102 valence electrons. The van der Waals surface area contributed by atoms with Crippen LogP contribution in [-0.4, -0.2) is 24.8 Å². The smallest absolute Gasteiger partial charge is 0.253 e. The summed E-state index contributed by atoms with van der Waals surface area (Å²) >= 11 is 1.28. The fourth-order valence-electron chi connectivity index (χ4n) is 2.58. The lowest BCUT2D eigenvalue weighted by molar-refractivity contribution is 0.204. The zero-order valence-corrected chi connectivity index (χ0v) is 12.4. The quantitative estimate of drug-likeness (QED) is 0.927. The van der Waals surface area contributed by atoms with Crippen LogP contribution in [0.15, 0.2) is 16.3 Å². The van der Waals surface area contributed by atoms with Gasteiger partial charge in [0.05, 0.1) is 0 Å². The SMILES string of the molecule is C[C@@H]1CCC[C@H](C)N1S(=O)(=O)c1ccc(CN)s1. The molecule has 1 aromatic rings. The Morgan fingerprint density at radius 2 is 1.94 bits per heavy atom. The second kappa shape index (κ2) is 5.28. The normalized spacial score (nSPS) is 26.4. The number of rotatable bonds is 3. The first kappa shape index (κ1) is 14.0. The Morgan fingerprint density at radius 3 is 2.44 bits per heavy atom. The molecule has 0 saturated carbocycles. The number of nitrogens with zero attached hydrogens (tertiary/aromatic N) is 1. The van der Waals surface area contributed by atoms with Crippen LogP contribution in [-0.2, 0) is 16.6 Å². The summed E-state index contributed by atoms with van der Waals surface area (Å²) in [4.78, 5) is 0.908. The molecule has 0 radical (unpaired) electrons. The molecule has 2 rings (SSSR count). The van der Waals surface area contributed by atoms with Gasteiger partial charge in [-0.25, -0.2) is 8.42 Å². The molecule has 1 aromatic heterocycles. The largest absolute Gasteiger partial charge is 0.326 e. The zero-order chi connectivity index (χ0) is 13.3. The lowest BCUT2D eigenvalue weighted by Gasteiger charge is -2.37. The average molecular weight is 288 g/mol. The summed E-state index contributed by atoms with van der Waals surface area (Å²) < 4.78 is 27.4. The number of sulfonamides is 1. The molecule has 6 heteroatoms. The molecule has 0 unspecified atom stereocenters. The predicted molar refractivity (Wildman–Crippen MR) is 74.0 cm³/mol. The molecule has 2 N–H and O–H groups in total. The van der Waals surface area contributed by atoms with Crippen molar-refractivity contribution in [3.63, 3.8) is 0 Å². The van der Waals surface area contributed by atoms with Crippen LogP contribution in [0.2, 0.25) is 0 Å². The van der Waals surface area contributed by atoms with Crippen LogP contribution in [0.25, 0.3) is 0 Å². The minimum atomic E-state index is -3.35. The third-order valence-corrected chi connectivity index (χ3v) is 7.19. The highest BCUT2D eigenvalue weighted by molar-refractivity contribution is 7.91. The molecular formula is C12H20N2O2S2. The van der Waals surface area contributed by atoms with E-state index in [1.165, 1.54) is 11.3 Å². The van der Waals surface area contributed by atoms with Crippen molar-refractivity contribution in [1.29, 1.82) is 0 Å². The first-order chi connectivity index (χ1) is 8.46. The van der Waals surface area contributed by atoms with Crippen LogP contribution in [0.1, 0.15) is 38.0 Å². The molecule has 0 aromatic carbocycles. The van der Waals surface area contributed by atoms with Gasteiger partial charge < -0.3 is 5.73 Å². The second-order valence-electron chi connectivity index (χ2n) is 4.89. The Morgan fingerprint density at radius 1 is 1.33 bits per heavy atom. The van der Waals surface area contributed by atoms with E-state index in [1.807, 2.05) is 13.8 Å². The van der Waals surface area contributed by atoms with E-state index < -0.39 is 10.0 Å². The predicted octanol–water partition coefficient (Wildman–Crippen LogP) is 2.16. The molecule has 1 aliphatic rings. The van der Waals surface area contributed by atoms with Crippen molar-refractivity contribution in [3.05, 3.63) is 17.0 Å². The van der Waals surface area contributed by atoms with Crippen LogP contribution < -0.4 is 5.73 Å². The van der Waals surface area contributed by atoms with Gasteiger partial charge >= 0.3 is 0 Å². The monoisotopic (exact) mass is 288 g/mol. The number of hydrogen-bond donors (Lipinski definition) is 1. The molecule has 0 bridgehead atoms. The van der Waals surface area contributed by atoms with Gasteiger partial charge in [0.2, 0.25) is 0 Å². The van der Waals surface area contributed by atoms with Gasteiger partial charge in [0.25, 0.3) is 10.0 Å². The first-order valence-electron chi connectivity index (χ1n) is 6.29. The molecular weight excluding hydrogens is 268 g/mol. The van der Waals surface area contributed by atoms with Crippen molar-refractivity contribution in [3.8, 4) is 0 Å². The van der Waals surface area contributed by atoms with E-state index in [0.717, 1.165) is 24.1 Å². The Kier molecular flexibility index (Phi) is 4.11. The van der Waals surface area contributed by atoms with Gasteiger partial charge in [0, 0.05) is 23.5 Å². The van der Waals surface area contributed by atoms with Crippen LogP contribution in [0, 0.1) is 0 Å². The van der Waals surface area contributed by atoms with Gasteiger partial charge in [-0.1, -0.05) is 6.42 Å². The molecule has 2 atom stereocenters. The number of nitrogens with two attached hydrogens (primary N) is 1. The Bertz CT molecular complexity index is 500. The highest BCUT2D eigenvalue weighted by Crippen LogP contribution is 2.32. The summed E-state index contributed by atoms with van der Waals surface area (Å²) in [6.45, 7) is 4.38. The summed E-state index contributed by atoms with van der Waals surface area (Å²) in [5.41, 5.74) is 5.54. The van der Waals surface area contributed by atoms with Gasteiger partial charge in [0.1, 0.15) is 4.21 Å². The highest BCUT2D eigenvalue weighted by Gasteiger charge is 2.36. The van der Waals surface area contributed by atoms with Crippen molar-refractivity contribution in [1.82, 2.24) is 4.31 Å². The van der Waals surface area contributed by atoms with E-state index in [4.69, 9.17) is 5.73 Å². The maximum absolute atomic E-state index is 12.6. The highest BCUT2D eigenvalue weighted by atomic mass is 32.2. The van der Waals surface area contributed by atoms with Crippen molar-refractivity contribution < 1.29 is 8.42 Å². The summed E-state index contributed by atoms with van der Waals surface area (Å²) in [7, 11) is -3.35. The molecule has 0 amide bonds. The molecule has 1 saturated heterocycles. The first-order valence-corrected chi connectivity index (χ1v) is 8.54. The van der Waals surface area contributed by atoms with E-state index >= 15 is 0 Å². The number of piperidine rings is 1. The minimum absolute atomic E-state index is 0.0853. The maximum Gasteiger partial charge on any atom is 0.253 e. The van der Waals surface area contributed by atoms with Crippen molar-refractivity contribution in [2.45, 2.75) is 55.9 Å². The van der Waals surface area contributed by atoms with E-state index in [2.05, 4.69) is 0 Å². The molecule has 2 heterocycles. The van der Waals surface area contributed by atoms with Crippen molar-refractivity contribution >= 4 is 21.4 Å². The third kappa shape index (κ3) is 2.47. The van der Waals surface area contributed by atoms with Gasteiger partial charge in [-0.15, -0.1) is 11.3 Å². The van der Waals surface area contributed by atoms with Crippen LogP contribution in [0.3, 0.4) is 0 Å². The fourth-order valence-corrected chi connectivity index (χ4v) is 5.80. The van der Waals surface area contributed by atoms with Gasteiger partial charge in [0.15, 0.2) is 0 Å². The summed E-state index contributed by atoms with van der Waals surface area (Å²) in [6.07, 6.45) is 2.99. The van der Waals surface area contributed by atoms with Gasteiger partial charge in [-0.3, -0.25) is 0 Å². The summed E-state index contributed by atoms with van der Waals surface area (Å²) in [6, 6.07) is 3.65. The minimum Gasteiger partial charge on any atom is -0.326 e. The zero-order valence-electron chi connectivity index (χ0n) is 10.8. The number of thiophene rings is 1. The summed E-state index contributed by atoms with van der Waals surface area (Å²) in [5, 5.41) is 0. The van der Waals surface area contributed by atoms with Crippen LogP contribution >= 0.6 is 11.3 Å². The second-order valence-corrected chi connectivity index (χ2v) is 8.13. The molecule has 4 nitrogen and oxygen atoms in total. The average Bonchev–Trinajstić information content (AvgIpc) is 2.77. The van der Waals surface area contributed by atoms with E-state index in [0.29, 0.717) is 10.8 Å². The summed E-state index contributed by atoms with van der Waals surface area (Å²) in [5.74, 6) is 0. The number of hydrogen-bond acceptors (Lipinski definition) is 4. The topological polar surface area (TPSA) is 63.4 Å². The van der Waals surface area contributed by atoms with Crippen molar-refractivity contribution in [2.24, 2.45) is 5.73 Å². The molecule has 0 aliphatic carbocycles. The Hall–Kier alpha value is -0.430. The molecule has 0 spiro atoms. The van der Waals surface area contributed by atoms with Gasteiger partial charge in [-0.2, -0.15) is 4.31 Å². The Labute approximate surface area is 113 Å². The van der Waals surface area contributed by atoms with Crippen molar-refractivity contribution in [2.75, 3.05) is 0 Å². The van der Waals surface area contributed by atoms with Gasteiger partial charge in [-0.05, 0) is 38.8 Å². The Balaban J connectivity index is 2.34. The van der Waals surface area contributed by atoms with E-state index in [-0.39, 0.29) is 12.1 Å². The molecule has 18 heavy (non-hydrogen) atoms. The maximum atomic E-state index is 12.6. The molecule has 1 fully saturated rings. The molecule has 1 aliphatic heterocycles. The van der Waals surface area contributed by atoms with Crippen LogP contribution in [0.5, 0.6) is 0 Å². The lowest BCUT2D eigenvalue weighted by atomic mass is 10.0.